The van der Waals surface area contributed by atoms with Gasteiger partial charge in [-0.05, 0) is 23.8 Å². The van der Waals surface area contributed by atoms with E-state index in [2.05, 4.69) is 20.5 Å². The van der Waals surface area contributed by atoms with Crippen molar-refractivity contribution in [2.75, 3.05) is 20.2 Å². The quantitative estimate of drug-likeness (QED) is 0.612. The van der Waals surface area contributed by atoms with Gasteiger partial charge in [0.15, 0.2) is 6.10 Å². The number of benzene rings is 1. The molecule has 10 nitrogen and oxygen atoms in total. The fraction of sp³-hybridized carbons (Fsp3) is 0.375. The SMILES string of the molecule is COc1ccc(CNC(=O)[C@H]2Cn3ccnc3C3(CCN(C(=O)c4ccnnc4)CC3)O2)cc1. The van der Waals surface area contributed by atoms with E-state index in [0.717, 1.165) is 17.1 Å². The van der Waals surface area contributed by atoms with Crippen LogP contribution in [-0.2, 0) is 28.2 Å². The number of imidazole rings is 1. The molecule has 0 bridgehead atoms. The average Bonchev–Trinajstić information content (AvgIpc) is 3.38. The molecule has 0 unspecified atom stereocenters. The van der Waals surface area contributed by atoms with Crippen LogP contribution in [0.25, 0.3) is 0 Å². The second kappa shape index (κ2) is 9.22. The number of piperidine rings is 1. The number of fused-ring (bicyclic) bond motifs is 2. The number of hydrogen-bond donors (Lipinski definition) is 1. The van der Waals surface area contributed by atoms with E-state index in [-0.39, 0.29) is 11.8 Å². The first kappa shape index (κ1) is 22.0. The molecule has 1 N–H and O–H groups in total. The van der Waals surface area contributed by atoms with Gasteiger partial charge in [-0.3, -0.25) is 9.59 Å². The third-order valence-electron chi connectivity index (χ3n) is 6.46. The first-order chi connectivity index (χ1) is 16.6. The predicted molar refractivity (Wildman–Crippen MR) is 121 cm³/mol. The van der Waals surface area contributed by atoms with E-state index >= 15 is 0 Å². The third-order valence-corrected chi connectivity index (χ3v) is 6.46. The van der Waals surface area contributed by atoms with Crippen LogP contribution >= 0.6 is 0 Å². The molecular formula is C24H26N6O4. The Bertz CT molecular complexity index is 1160. The molecule has 10 heteroatoms. The highest BCUT2D eigenvalue weighted by Crippen LogP contribution is 2.40. The van der Waals surface area contributed by atoms with Gasteiger partial charge in [-0.25, -0.2) is 4.98 Å². The second-order valence-electron chi connectivity index (χ2n) is 8.49. The summed E-state index contributed by atoms with van der Waals surface area (Å²) in [4.78, 5) is 32.2. The summed E-state index contributed by atoms with van der Waals surface area (Å²) in [6.07, 6.45) is 7.05. The summed E-state index contributed by atoms with van der Waals surface area (Å²) in [7, 11) is 1.62. The highest BCUT2D eigenvalue weighted by Gasteiger charge is 2.47. The zero-order valence-electron chi connectivity index (χ0n) is 18.9. The Morgan fingerprint density at radius 1 is 1.15 bits per heavy atom. The van der Waals surface area contributed by atoms with Crippen molar-refractivity contribution in [1.29, 1.82) is 0 Å². The molecule has 5 rings (SSSR count). The number of likely N-dealkylation sites (tertiary alicyclic amines) is 1. The number of carbonyl (C=O) groups is 2. The van der Waals surface area contributed by atoms with E-state index in [4.69, 9.17) is 9.47 Å². The summed E-state index contributed by atoms with van der Waals surface area (Å²) >= 11 is 0. The molecule has 0 saturated carbocycles. The van der Waals surface area contributed by atoms with Gasteiger partial charge in [-0.1, -0.05) is 12.1 Å². The summed E-state index contributed by atoms with van der Waals surface area (Å²) in [5.74, 6) is 1.32. The van der Waals surface area contributed by atoms with Gasteiger partial charge in [0.05, 0.1) is 31.6 Å². The fourth-order valence-electron chi connectivity index (χ4n) is 4.59. The summed E-state index contributed by atoms with van der Waals surface area (Å²) in [6.45, 7) is 1.79. The Kier molecular flexibility index (Phi) is 5.97. The van der Waals surface area contributed by atoms with Crippen LogP contribution in [0.1, 0.15) is 34.6 Å². The van der Waals surface area contributed by atoms with Gasteiger partial charge in [0, 0.05) is 44.9 Å². The third kappa shape index (κ3) is 4.24. The fourth-order valence-corrected chi connectivity index (χ4v) is 4.59. The maximum Gasteiger partial charge on any atom is 0.255 e. The van der Waals surface area contributed by atoms with Crippen molar-refractivity contribution in [1.82, 2.24) is 30.0 Å². The molecule has 1 saturated heterocycles. The Morgan fingerprint density at radius 2 is 1.94 bits per heavy atom. The lowest BCUT2D eigenvalue weighted by molar-refractivity contribution is -0.172. The first-order valence-electron chi connectivity index (χ1n) is 11.2. The average molecular weight is 463 g/mol. The molecule has 34 heavy (non-hydrogen) atoms. The zero-order chi connectivity index (χ0) is 23.5. The molecule has 4 heterocycles. The largest absolute Gasteiger partial charge is 0.497 e. The van der Waals surface area contributed by atoms with E-state index in [1.165, 1.54) is 12.4 Å². The topological polar surface area (TPSA) is 111 Å². The lowest BCUT2D eigenvalue weighted by Gasteiger charge is -2.45. The van der Waals surface area contributed by atoms with Crippen molar-refractivity contribution in [3.8, 4) is 5.75 Å². The smallest absolute Gasteiger partial charge is 0.255 e. The van der Waals surface area contributed by atoms with Crippen LogP contribution in [0.3, 0.4) is 0 Å². The lowest BCUT2D eigenvalue weighted by Crippen LogP contribution is -2.54. The van der Waals surface area contributed by atoms with Gasteiger partial charge in [0.25, 0.3) is 11.8 Å². The molecule has 2 aliphatic rings. The van der Waals surface area contributed by atoms with Crippen LogP contribution < -0.4 is 10.1 Å². The maximum absolute atomic E-state index is 13.0. The van der Waals surface area contributed by atoms with Gasteiger partial charge in [-0.2, -0.15) is 10.2 Å². The lowest BCUT2D eigenvalue weighted by atomic mass is 9.88. The first-order valence-corrected chi connectivity index (χ1v) is 11.2. The van der Waals surface area contributed by atoms with Crippen LogP contribution in [-0.4, -0.2) is 62.8 Å². The number of ether oxygens (including phenoxy) is 2. The Balaban J connectivity index is 1.26. The number of methoxy groups -OCH3 is 1. The number of nitrogens with one attached hydrogen (secondary N) is 1. The summed E-state index contributed by atoms with van der Waals surface area (Å²) in [6, 6.07) is 9.22. The van der Waals surface area contributed by atoms with Crippen molar-refractivity contribution < 1.29 is 19.1 Å². The number of carbonyl (C=O) groups excluding carboxylic acids is 2. The molecule has 1 aromatic carbocycles. The maximum atomic E-state index is 13.0. The molecule has 2 amide bonds. The standard InChI is InChI=1S/C24H26N6O4/c1-33-19-4-2-17(3-5-19)14-26-21(31)20-16-30-13-10-25-23(30)24(34-20)7-11-29(12-8-24)22(32)18-6-9-27-28-15-18/h2-6,9-10,13,15,20H,7-8,11-12,14,16H2,1H3,(H,26,31)/t20-/m1/s1. The number of nitrogens with zero attached hydrogens (tertiary/aromatic N) is 5. The minimum Gasteiger partial charge on any atom is -0.497 e. The van der Waals surface area contributed by atoms with Crippen molar-refractivity contribution in [3.63, 3.8) is 0 Å². The van der Waals surface area contributed by atoms with Crippen molar-refractivity contribution in [2.24, 2.45) is 0 Å². The van der Waals surface area contributed by atoms with Gasteiger partial charge in [0.1, 0.15) is 17.2 Å². The zero-order valence-corrected chi connectivity index (χ0v) is 18.9. The summed E-state index contributed by atoms with van der Waals surface area (Å²) in [5.41, 5.74) is 0.769. The van der Waals surface area contributed by atoms with Crippen LogP contribution in [0.4, 0.5) is 0 Å². The molecule has 0 radical (unpaired) electrons. The van der Waals surface area contributed by atoms with Crippen molar-refractivity contribution in [3.05, 3.63) is 72.1 Å². The van der Waals surface area contributed by atoms with Crippen LogP contribution in [0.5, 0.6) is 5.75 Å². The molecule has 3 aromatic rings. The second-order valence-corrected chi connectivity index (χ2v) is 8.49. The van der Waals surface area contributed by atoms with E-state index in [9.17, 15) is 9.59 Å². The number of amides is 2. The van der Waals surface area contributed by atoms with Crippen LogP contribution in [0, 0.1) is 0 Å². The molecular weight excluding hydrogens is 436 g/mol. The molecule has 1 atom stereocenters. The van der Waals surface area contributed by atoms with Crippen molar-refractivity contribution in [2.45, 2.75) is 37.6 Å². The van der Waals surface area contributed by atoms with Gasteiger partial charge >= 0.3 is 0 Å². The number of rotatable bonds is 5. The highest BCUT2D eigenvalue weighted by atomic mass is 16.5. The summed E-state index contributed by atoms with van der Waals surface area (Å²) < 4.78 is 13.6. The van der Waals surface area contributed by atoms with E-state index < -0.39 is 11.7 Å². The predicted octanol–water partition coefficient (Wildman–Crippen LogP) is 1.53. The number of aromatic nitrogens is 4. The molecule has 176 valence electrons. The normalized spacial score (nSPS) is 18.9. The Hall–Kier alpha value is -3.79. The minimum absolute atomic E-state index is 0.0855. The highest BCUT2D eigenvalue weighted by molar-refractivity contribution is 5.93. The summed E-state index contributed by atoms with van der Waals surface area (Å²) in [5, 5.41) is 10.5. The molecule has 1 spiro atoms. The van der Waals surface area contributed by atoms with Crippen LogP contribution in [0.15, 0.2) is 55.1 Å². The van der Waals surface area contributed by atoms with E-state index in [0.29, 0.717) is 44.6 Å². The van der Waals surface area contributed by atoms with Gasteiger partial charge in [-0.15, -0.1) is 0 Å². The van der Waals surface area contributed by atoms with Gasteiger partial charge < -0.3 is 24.3 Å². The number of hydrogen-bond acceptors (Lipinski definition) is 7. The molecule has 2 aromatic heterocycles. The minimum atomic E-state index is -0.711. The Labute approximate surface area is 196 Å². The van der Waals surface area contributed by atoms with Crippen LogP contribution in [0.2, 0.25) is 0 Å². The van der Waals surface area contributed by atoms with E-state index in [1.807, 2.05) is 35.0 Å². The molecule has 1 fully saturated rings. The monoisotopic (exact) mass is 462 g/mol. The Morgan fingerprint density at radius 3 is 2.65 bits per heavy atom. The molecule has 0 aliphatic carbocycles. The van der Waals surface area contributed by atoms with Gasteiger partial charge in [0.2, 0.25) is 0 Å². The van der Waals surface area contributed by atoms with Crippen molar-refractivity contribution >= 4 is 11.8 Å². The molecule has 2 aliphatic heterocycles. The van der Waals surface area contributed by atoms with E-state index in [1.54, 1.807) is 24.3 Å².